The Kier molecular flexibility index (Phi) is 4.33. The molecule has 0 aromatic heterocycles. The van der Waals surface area contributed by atoms with Crippen LogP contribution in [0.4, 0.5) is 10.5 Å². The number of hydrogen-bond donors (Lipinski definition) is 1. The van der Waals surface area contributed by atoms with E-state index in [9.17, 15) is 19.7 Å². The van der Waals surface area contributed by atoms with Gasteiger partial charge in [-0.2, -0.15) is 0 Å². The molecule has 1 aliphatic heterocycles. The van der Waals surface area contributed by atoms with Crippen LogP contribution >= 0.6 is 0 Å². The topological polar surface area (TPSA) is 102 Å². The normalized spacial score (nSPS) is 19.4. The maximum absolute atomic E-state index is 12.9. The maximum Gasteiger partial charge on any atom is 0.325 e. The summed E-state index contributed by atoms with van der Waals surface area (Å²) in [5.74, 6) is 0.224. The minimum absolute atomic E-state index is 0.0436. The van der Waals surface area contributed by atoms with Gasteiger partial charge in [-0.05, 0) is 30.2 Å². The number of nitrogens with one attached hydrogen (secondary N) is 1. The number of nitro groups is 1. The average Bonchev–Trinajstić information content (AvgIpc) is 2.86. The number of carbonyl (C=O) groups excluding carboxylic acids is 2. The van der Waals surface area contributed by atoms with Crippen LogP contribution in [0.3, 0.4) is 0 Å². The van der Waals surface area contributed by atoms with Crippen LogP contribution in [0, 0.1) is 10.1 Å². The number of non-ortho nitro benzene ring substituents is 1. The van der Waals surface area contributed by atoms with Crippen molar-refractivity contribution >= 4 is 17.6 Å². The number of carbonyl (C=O) groups is 2. The van der Waals surface area contributed by atoms with Gasteiger partial charge in [0, 0.05) is 12.1 Å². The molecular formula is C18H17N3O5. The average molecular weight is 355 g/mol. The first-order valence-corrected chi connectivity index (χ1v) is 7.87. The van der Waals surface area contributed by atoms with E-state index in [0.29, 0.717) is 16.9 Å². The van der Waals surface area contributed by atoms with Gasteiger partial charge in [0.1, 0.15) is 11.3 Å². The van der Waals surface area contributed by atoms with Crippen molar-refractivity contribution in [3.63, 3.8) is 0 Å². The summed E-state index contributed by atoms with van der Waals surface area (Å²) in [6.45, 7) is 1.58. The van der Waals surface area contributed by atoms with E-state index in [0.717, 1.165) is 4.90 Å². The fraction of sp³-hybridized carbons (Fsp3) is 0.222. The maximum atomic E-state index is 12.9. The molecule has 1 saturated heterocycles. The summed E-state index contributed by atoms with van der Waals surface area (Å²) in [6, 6.07) is 12.2. The molecule has 1 N–H and O–H groups in total. The molecule has 0 spiro atoms. The van der Waals surface area contributed by atoms with Crippen LogP contribution in [0.2, 0.25) is 0 Å². The second-order valence-corrected chi connectivity index (χ2v) is 6.10. The van der Waals surface area contributed by atoms with E-state index in [2.05, 4.69) is 5.32 Å². The van der Waals surface area contributed by atoms with E-state index in [4.69, 9.17) is 4.74 Å². The summed E-state index contributed by atoms with van der Waals surface area (Å²) < 4.78 is 5.11. The molecule has 3 amide bonds. The molecule has 0 saturated carbocycles. The molecule has 3 rings (SSSR count). The van der Waals surface area contributed by atoms with Crippen LogP contribution in [0.15, 0.2) is 48.5 Å². The molecule has 134 valence electrons. The standard InChI is InChI=1S/C18H17N3O5/c1-18(13-6-8-15(26-2)9-7-13)16(22)20(17(23)19-18)11-12-4-3-5-14(10-12)21(24)25/h3-10H,11H2,1-2H3,(H,19,23)/t18-/m0/s1. The number of hydrogen-bond acceptors (Lipinski definition) is 5. The Morgan fingerprint density at radius 1 is 1.19 bits per heavy atom. The highest BCUT2D eigenvalue weighted by molar-refractivity contribution is 6.07. The third-order valence-corrected chi connectivity index (χ3v) is 4.40. The minimum Gasteiger partial charge on any atom is -0.497 e. The molecule has 1 heterocycles. The van der Waals surface area contributed by atoms with Crippen LogP contribution < -0.4 is 10.1 Å². The zero-order valence-corrected chi connectivity index (χ0v) is 14.3. The predicted octanol–water partition coefficient (Wildman–Crippen LogP) is 2.57. The fourth-order valence-electron chi connectivity index (χ4n) is 2.91. The summed E-state index contributed by atoms with van der Waals surface area (Å²) >= 11 is 0. The van der Waals surface area contributed by atoms with E-state index < -0.39 is 22.4 Å². The van der Waals surface area contributed by atoms with Gasteiger partial charge in [-0.1, -0.05) is 24.3 Å². The molecule has 0 aliphatic carbocycles. The minimum atomic E-state index is -1.20. The van der Waals surface area contributed by atoms with Crippen molar-refractivity contribution in [1.82, 2.24) is 10.2 Å². The number of imide groups is 1. The van der Waals surface area contributed by atoms with Gasteiger partial charge in [-0.3, -0.25) is 19.8 Å². The third kappa shape index (κ3) is 2.97. The van der Waals surface area contributed by atoms with Crippen molar-refractivity contribution < 1.29 is 19.2 Å². The van der Waals surface area contributed by atoms with Crippen molar-refractivity contribution in [2.75, 3.05) is 7.11 Å². The Morgan fingerprint density at radius 2 is 1.88 bits per heavy atom. The highest BCUT2D eigenvalue weighted by Crippen LogP contribution is 2.31. The number of rotatable bonds is 5. The Labute approximate surface area is 149 Å². The molecule has 8 heteroatoms. The zero-order valence-electron chi connectivity index (χ0n) is 14.3. The first-order chi connectivity index (χ1) is 12.3. The Balaban J connectivity index is 1.86. The van der Waals surface area contributed by atoms with Crippen LogP contribution in [0.5, 0.6) is 5.75 Å². The van der Waals surface area contributed by atoms with Crippen molar-refractivity contribution in [2.45, 2.75) is 19.0 Å². The van der Waals surface area contributed by atoms with Gasteiger partial charge in [0.05, 0.1) is 18.6 Å². The molecule has 0 bridgehead atoms. The summed E-state index contributed by atoms with van der Waals surface area (Å²) in [4.78, 5) is 36.7. The van der Waals surface area contributed by atoms with Crippen molar-refractivity contribution in [1.29, 1.82) is 0 Å². The molecule has 26 heavy (non-hydrogen) atoms. The molecule has 8 nitrogen and oxygen atoms in total. The number of nitrogens with zero attached hydrogens (tertiary/aromatic N) is 2. The smallest absolute Gasteiger partial charge is 0.325 e. The number of methoxy groups -OCH3 is 1. The lowest BCUT2D eigenvalue weighted by Crippen LogP contribution is -2.40. The first-order valence-electron chi connectivity index (χ1n) is 7.87. The lowest BCUT2D eigenvalue weighted by atomic mass is 9.92. The van der Waals surface area contributed by atoms with E-state index in [1.165, 1.54) is 18.2 Å². The van der Waals surface area contributed by atoms with Gasteiger partial charge < -0.3 is 10.1 Å². The van der Waals surface area contributed by atoms with Crippen LogP contribution in [-0.4, -0.2) is 28.9 Å². The monoisotopic (exact) mass is 355 g/mol. The number of nitro benzene ring substituents is 1. The predicted molar refractivity (Wildman–Crippen MR) is 92.5 cm³/mol. The van der Waals surface area contributed by atoms with Crippen LogP contribution in [-0.2, 0) is 16.9 Å². The number of urea groups is 1. The van der Waals surface area contributed by atoms with E-state index in [1.807, 2.05) is 0 Å². The highest BCUT2D eigenvalue weighted by Gasteiger charge is 2.48. The molecule has 1 fully saturated rings. The zero-order chi connectivity index (χ0) is 18.9. The Morgan fingerprint density at radius 3 is 2.50 bits per heavy atom. The first kappa shape index (κ1) is 17.4. The Hall–Kier alpha value is -3.42. The lowest BCUT2D eigenvalue weighted by Gasteiger charge is -2.22. The summed E-state index contributed by atoms with van der Waals surface area (Å²) in [6.07, 6.45) is 0. The molecular weight excluding hydrogens is 338 g/mol. The largest absolute Gasteiger partial charge is 0.497 e. The second-order valence-electron chi connectivity index (χ2n) is 6.10. The lowest BCUT2D eigenvalue weighted by molar-refractivity contribution is -0.384. The molecule has 1 atom stereocenters. The Bertz CT molecular complexity index is 881. The van der Waals surface area contributed by atoms with Crippen molar-refractivity contribution in [3.05, 3.63) is 69.8 Å². The van der Waals surface area contributed by atoms with Crippen LogP contribution in [0.25, 0.3) is 0 Å². The SMILES string of the molecule is COc1ccc([C@]2(C)NC(=O)N(Cc3cccc([N+](=O)[O-])c3)C2=O)cc1. The summed E-state index contributed by atoms with van der Waals surface area (Å²) in [5.41, 5.74) is -0.170. The fourth-order valence-corrected chi connectivity index (χ4v) is 2.91. The number of amides is 3. The van der Waals surface area contributed by atoms with Gasteiger partial charge >= 0.3 is 6.03 Å². The molecule has 0 radical (unpaired) electrons. The van der Waals surface area contributed by atoms with Gasteiger partial charge in [0.2, 0.25) is 0 Å². The molecule has 2 aromatic rings. The van der Waals surface area contributed by atoms with Crippen LogP contribution in [0.1, 0.15) is 18.1 Å². The number of ether oxygens (including phenoxy) is 1. The third-order valence-electron chi connectivity index (χ3n) is 4.40. The van der Waals surface area contributed by atoms with Crippen molar-refractivity contribution in [3.8, 4) is 5.75 Å². The molecule has 0 unspecified atom stereocenters. The molecule has 1 aliphatic rings. The highest BCUT2D eigenvalue weighted by atomic mass is 16.6. The summed E-state index contributed by atoms with van der Waals surface area (Å²) in [7, 11) is 1.54. The van der Waals surface area contributed by atoms with Gasteiger partial charge in [0.15, 0.2) is 0 Å². The van der Waals surface area contributed by atoms with Gasteiger partial charge in [-0.25, -0.2) is 4.79 Å². The van der Waals surface area contributed by atoms with Gasteiger partial charge in [-0.15, -0.1) is 0 Å². The molecule has 2 aromatic carbocycles. The van der Waals surface area contributed by atoms with Gasteiger partial charge in [0.25, 0.3) is 11.6 Å². The number of benzene rings is 2. The van der Waals surface area contributed by atoms with E-state index in [1.54, 1.807) is 44.4 Å². The summed E-state index contributed by atoms with van der Waals surface area (Å²) in [5, 5.41) is 13.6. The van der Waals surface area contributed by atoms with E-state index >= 15 is 0 Å². The van der Waals surface area contributed by atoms with E-state index in [-0.39, 0.29) is 12.2 Å². The quantitative estimate of drug-likeness (QED) is 0.504. The second kappa shape index (κ2) is 6.47. The van der Waals surface area contributed by atoms with Crippen molar-refractivity contribution in [2.24, 2.45) is 0 Å².